The molecule has 0 aliphatic carbocycles. The number of hydrogen-bond acceptors (Lipinski definition) is 4. The van der Waals surface area contributed by atoms with Crippen LogP contribution in [0.2, 0.25) is 0 Å². The highest BCUT2D eigenvalue weighted by atomic mass is 32.2. The van der Waals surface area contributed by atoms with Gasteiger partial charge in [0.05, 0.1) is 11.4 Å². The number of nitrogens with zero attached hydrogens (tertiary/aromatic N) is 1. The Morgan fingerprint density at radius 1 is 1.00 bits per heavy atom. The van der Waals surface area contributed by atoms with E-state index in [2.05, 4.69) is 9.71 Å². The van der Waals surface area contributed by atoms with E-state index in [9.17, 15) is 17.2 Å². The quantitative estimate of drug-likeness (QED) is 0.712. The number of pyridine rings is 1. The van der Waals surface area contributed by atoms with Crippen molar-refractivity contribution < 1.29 is 21.9 Å². The van der Waals surface area contributed by atoms with Crippen molar-refractivity contribution in [3.8, 4) is 5.75 Å². The average molecular weight is 376 g/mol. The van der Waals surface area contributed by atoms with E-state index in [0.717, 1.165) is 12.1 Å². The first-order chi connectivity index (χ1) is 12.4. The first kappa shape index (κ1) is 17.8. The maximum atomic E-state index is 13.7. The molecule has 0 aliphatic heterocycles. The second-order valence-electron chi connectivity index (χ2n) is 5.32. The maximum Gasteiger partial charge on any atom is 0.264 e. The number of sulfonamides is 1. The summed E-state index contributed by atoms with van der Waals surface area (Å²) in [6, 6.07) is 13.8. The molecule has 8 heteroatoms. The lowest BCUT2D eigenvalue weighted by Crippen LogP contribution is -2.15. The topological polar surface area (TPSA) is 68.3 Å². The monoisotopic (exact) mass is 376 g/mol. The predicted molar refractivity (Wildman–Crippen MR) is 92.2 cm³/mol. The summed E-state index contributed by atoms with van der Waals surface area (Å²) in [5.74, 6) is -1.49. The fourth-order valence-corrected chi connectivity index (χ4v) is 3.32. The zero-order chi connectivity index (χ0) is 18.6. The van der Waals surface area contributed by atoms with E-state index in [-0.39, 0.29) is 12.3 Å². The summed E-state index contributed by atoms with van der Waals surface area (Å²) in [7, 11) is -4.28. The third kappa shape index (κ3) is 4.34. The minimum Gasteiger partial charge on any atom is -0.487 e. The fourth-order valence-electron chi connectivity index (χ4n) is 2.18. The van der Waals surface area contributed by atoms with Gasteiger partial charge in [-0.3, -0.25) is 9.71 Å². The molecule has 0 spiro atoms. The Labute approximate surface area is 149 Å². The van der Waals surface area contributed by atoms with Gasteiger partial charge in [0.1, 0.15) is 28.9 Å². The lowest BCUT2D eigenvalue weighted by Gasteiger charge is -2.11. The van der Waals surface area contributed by atoms with Crippen LogP contribution in [0.4, 0.5) is 14.5 Å². The second kappa shape index (κ2) is 7.49. The molecular weight excluding hydrogens is 362 g/mol. The van der Waals surface area contributed by atoms with E-state index < -0.39 is 26.6 Å². The van der Waals surface area contributed by atoms with Crippen LogP contribution in [-0.4, -0.2) is 13.4 Å². The molecule has 0 saturated heterocycles. The minimum absolute atomic E-state index is 0.159. The molecule has 2 aromatic carbocycles. The van der Waals surface area contributed by atoms with Crippen molar-refractivity contribution >= 4 is 15.7 Å². The standard InChI is InChI=1S/C18H14F2N2O3S/c19-13-7-8-17(20)18(10-13)26(23,24)22-14-5-3-6-16(11-14)25-12-15-4-1-2-9-21-15/h1-11,22H,12H2. The molecule has 5 nitrogen and oxygen atoms in total. The van der Waals surface area contributed by atoms with Gasteiger partial charge in [0, 0.05) is 12.3 Å². The van der Waals surface area contributed by atoms with Crippen molar-refractivity contribution in [2.75, 3.05) is 4.72 Å². The van der Waals surface area contributed by atoms with Gasteiger partial charge in [-0.2, -0.15) is 0 Å². The summed E-state index contributed by atoms with van der Waals surface area (Å²) in [5.41, 5.74) is 0.868. The maximum absolute atomic E-state index is 13.7. The van der Waals surface area contributed by atoms with Gasteiger partial charge in [-0.15, -0.1) is 0 Å². The highest BCUT2D eigenvalue weighted by Crippen LogP contribution is 2.23. The van der Waals surface area contributed by atoms with Crippen molar-refractivity contribution in [2.24, 2.45) is 0 Å². The van der Waals surface area contributed by atoms with Crippen LogP contribution in [0.1, 0.15) is 5.69 Å². The second-order valence-corrected chi connectivity index (χ2v) is 6.97. The van der Waals surface area contributed by atoms with Crippen molar-refractivity contribution in [3.63, 3.8) is 0 Å². The minimum atomic E-state index is -4.28. The molecule has 0 unspecified atom stereocenters. The van der Waals surface area contributed by atoms with E-state index in [0.29, 0.717) is 17.5 Å². The zero-order valence-electron chi connectivity index (χ0n) is 13.4. The first-order valence-corrected chi connectivity index (χ1v) is 9.03. The highest BCUT2D eigenvalue weighted by molar-refractivity contribution is 7.92. The Morgan fingerprint density at radius 3 is 2.62 bits per heavy atom. The van der Waals surface area contributed by atoms with Gasteiger partial charge in [-0.1, -0.05) is 12.1 Å². The summed E-state index contributed by atoms with van der Waals surface area (Å²) in [6.07, 6.45) is 1.64. The number of halogens is 2. The lowest BCUT2D eigenvalue weighted by molar-refractivity contribution is 0.301. The van der Waals surface area contributed by atoms with Crippen molar-refractivity contribution in [3.05, 3.63) is 84.2 Å². The van der Waals surface area contributed by atoms with Gasteiger partial charge in [-0.05, 0) is 42.5 Å². The molecule has 0 fully saturated rings. The Balaban J connectivity index is 1.76. The van der Waals surface area contributed by atoms with Gasteiger partial charge >= 0.3 is 0 Å². The molecule has 3 rings (SSSR count). The molecule has 0 aliphatic rings. The van der Waals surface area contributed by atoms with E-state index in [4.69, 9.17) is 4.74 Å². The molecule has 134 valence electrons. The molecule has 1 heterocycles. The number of nitrogens with one attached hydrogen (secondary N) is 1. The molecule has 0 bridgehead atoms. The Hall–Kier alpha value is -3.00. The molecule has 3 aromatic rings. The average Bonchev–Trinajstić information content (AvgIpc) is 2.63. The molecule has 0 amide bonds. The van der Waals surface area contributed by atoms with Crippen LogP contribution in [0.3, 0.4) is 0 Å². The lowest BCUT2D eigenvalue weighted by atomic mass is 10.3. The van der Waals surface area contributed by atoms with Crippen LogP contribution in [0, 0.1) is 11.6 Å². The van der Waals surface area contributed by atoms with Crippen molar-refractivity contribution in [1.29, 1.82) is 0 Å². The normalized spacial score (nSPS) is 11.2. The van der Waals surface area contributed by atoms with Crippen LogP contribution >= 0.6 is 0 Å². The fraction of sp³-hybridized carbons (Fsp3) is 0.0556. The number of aromatic nitrogens is 1. The summed E-state index contributed by atoms with van der Waals surface area (Å²) >= 11 is 0. The number of anilines is 1. The Bertz CT molecular complexity index is 1010. The van der Waals surface area contributed by atoms with Gasteiger partial charge < -0.3 is 4.74 Å². The molecule has 0 saturated carbocycles. The van der Waals surface area contributed by atoms with Crippen LogP contribution in [0.5, 0.6) is 5.75 Å². The summed E-state index contributed by atoms with van der Waals surface area (Å²) < 4.78 is 59.4. The van der Waals surface area contributed by atoms with Gasteiger partial charge in [0.2, 0.25) is 0 Å². The van der Waals surface area contributed by atoms with Gasteiger partial charge in [0.15, 0.2) is 0 Å². The molecule has 1 N–H and O–H groups in total. The third-order valence-electron chi connectivity index (χ3n) is 3.38. The SMILES string of the molecule is O=S(=O)(Nc1cccc(OCc2ccccn2)c1)c1cc(F)ccc1F. The van der Waals surface area contributed by atoms with Gasteiger partial charge in [0.25, 0.3) is 10.0 Å². The number of rotatable bonds is 6. The summed E-state index contributed by atoms with van der Waals surface area (Å²) in [6.45, 7) is 0.204. The summed E-state index contributed by atoms with van der Waals surface area (Å²) in [4.78, 5) is 3.35. The van der Waals surface area contributed by atoms with Gasteiger partial charge in [-0.25, -0.2) is 17.2 Å². The van der Waals surface area contributed by atoms with Crippen LogP contribution < -0.4 is 9.46 Å². The molecule has 0 atom stereocenters. The first-order valence-electron chi connectivity index (χ1n) is 7.55. The van der Waals surface area contributed by atoms with E-state index in [1.54, 1.807) is 30.5 Å². The van der Waals surface area contributed by atoms with E-state index in [1.165, 1.54) is 12.1 Å². The van der Waals surface area contributed by atoms with Crippen molar-refractivity contribution in [1.82, 2.24) is 4.98 Å². The molecular formula is C18H14F2N2O3S. The number of ether oxygens (including phenoxy) is 1. The number of benzene rings is 2. The highest BCUT2D eigenvalue weighted by Gasteiger charge is 2.20. The largest absolute Gasteiger partial charge is 0.487 e. The van der Waals surface area contributed by atoms with Crippen LogP contribution in [0.25, 0.3) is 0 Å². The smallest absolute Gasteiger partial charge is 0.264 e. The van der Waals surface area contributed by atoms with Crippen LogP contribution in [0.15, 0.2) is 71.8 Å². The predicted octanol–water partition coefficient (Wildman–Crippen LogP) is 3.74. The van der Waals surface area contributed by atoms with E-state index in [1.807, 2.05) is 6.07 Å². The number of hydrogen-bond donors (Lipinski definition) is 1. The summed E-state index contributed by atoms with van der Waals surface area (Å²) in [5, 5.41) is 0. The van der Waals surface area contributed by atoms with Crippen molar-refractivity contribution in [2.45, 2.75) is 11.5 Å². The molecule has 0 radical (unpaired) electrons. The van der Waals surface area contributed by atoms with Crippen LogP contribution in [-0.2, 0) is 16.6 Å². The third-order valence-corrected chi connectivity index (χ3v) is 4.78. The molecule has 1 aromatic heterocycles. The molecule has 26 heavy (non-hydrogen) atoms. The Kier molecular flexibility index (Phi) is 5.13. The Morgan fingerprint density at radius 2 is 1.85 bits per heavy atom. The zero-order valence-corrected chi connectivity index (χ0v) is 14.2. The van der Waals surface area contributed by atoms with E-state index >= 15 is 0 Å².